The molecule has 0 unspecified atom stereocenters. The molecule has 4 fully saturated rings. The first-order valence-corrected chi connectivity index (χ1v) is 22.9. The Labute approximate surface area is 368 Å². The number of fused-ring (bicyclic) bond motifs is 10. The van der Waals surface area contributed by atoms with E-state index in [-0.39, 0.29) is 5.41 Å². The Morgan fingerprint density at radius 3 is 1.81 bits per heavy atom. The van der Waals surface area contributed by atoms with E-state index in [1.54, 1.807) is 0 Å². The van der Waals surface area contributed by atoms with Crippen molar-refractivity contribution in [3.05, 3.63) is 169 Å². The molecule has 6 heteroatoms. The molecule has 4 saturated carbocycles. The molecule has 5 aliphatic carbocycles. The summed E-state index contributed by atoms with van der Waals surface area (Å²) in [6.07, 6.45) is 6.69. The molecule has 4 bridgehead atoms. The van der Waals surface area contributed by atoms with Gasteiger partial charge in [-0.1, -0.05) is 97.1 Å². The molecule has 4 heterocycles. The van der Waals surface area contributed by atoms with Gasteiger partial charge in [-0.25, -0.2) is 19.9 Å². The summed E-state index contributed by atoms with van der Waals surface area (Å²) < 4.78 is 12.6. The molecule has 7 aromatic carbocycles. The highest BCUT2D eigenvalue weighted by Crippen LogP contribution is 2.69. The highest BCUT2D eigenvalue weighted by atomic mass is 16.3. The van der Waals surface area contributed by atoms with Crippen LogP contribution in [0, 0.1) is 23.7 Å². The van der Waals surface area contributed by atoms with E-state index in [0.29, 0.717) is 35.0 Å². The lowest BCUT2D eigenvalue weighted by atomic mass is 9.43. The molecule has 0 N–H and O–H groups in total. The van der Waals surface area contributed by atoms with Crippen molar-refractivity contribution in [1.82, 2.24) is 19.9 Å². The van der Waals surface area contributed by atoms with Gasteiger partial charge in [-0.2, -0.15) is 0 Å². The third-order valence-corrected chi connectivity index (χ3v) is 15.7. The molecule has 0 saturated heterocycles. The molecular formula is C58H40N4O2. The summed E-state index contributed by atoms with van der Waals surface area (Å²) in [5.74, 6) is 4.73. The molecule has 16 rings (SSSR count). The van der Waals surface area contributed by atoms with Crippen LogP contribution in [0.25, 0.3) is 111 Å². The second kappa shape index (κ2) is 12.8. The third kappa shape index (κ3) is 4.91. The fourth-order valence-electron chi connectivity index (χ4n) is 13.2. The average Bonchev–Trinajstić information content (AvgIpc) is 4.00. The zero-order valence-electron chi connectivity index (χ0n) is 35.0. The van der Waals surface area contributed by atoms with Crippen LogP contribution in [0.2, 0.25) is 0 Å². The Morgan fingerprint density at radius 1 is 0.391 bits per heavy atom. The maximum Gasteiger partial charge on any atom is 0.182 e. The number of nitrogens with zero attached hydrogens (tertiary/aromatic N) is 4. The van der Waals surface area contributed by atoms with Crippen LogP contribution in [0.3, 0.4) is 0 Å². The van der Waals surface area contributed by atoms with Crippen LogP contribution in [0.1, 0.15) is 43.2 Å². The topological polar surface area (TPSA) is 77.8 Å². The summed E-state index contributed by atoms with van der Waals surface area (Å²) >= 11 is 0. The Kier molecular flexibility index (Phi) is 7.03. The van der Waals surface area contributed by atoms with Crippen LogP contribution >= 0.6 is 0 Å². The lowest BCUT2D eigenvalue weighted by molar-refractivity contribution is -0.0399. The molecule has 0 amide bonds. The number of para-hydroxylation sites is 3. The number of furan rings is 2. The van der Waals surface area contributed by atoms with E-state index in [1.165, 1.54) is 70.9 Å². The zero-order chi connectivity index (χ0) is 41.7. The molecule has 5 aliphatic rings. The number of hydrogen-bond donors (Lipinski definition) is 0. The highest BCUT2D eigenvalue weighted by molar-refractivity contribution is 6.07. The third-order valence-electron chi connectivity index (χ3n) is 15.7. The van der Waals surface area contributed by atoms with Crippen molar-refractivity contribution in [3.63, 3.8) is 0 Å². The monoisotopic (exact) mass is 824 g/mol. The van der Waals surface area contributed by atoms with Gasteiger partial charge in [0.05, 0.1) is 5.52 Å². The van der Waals surface area contributed by atoms with Crippen LogP contribution in [0.5, 0.6) is 0 Å². The standard InChI is InChI=1S/C58H40N4O2/c1-4-10-49-34(7-1)16-21-50(59-49)57-61-55(60-56(62-57)38-14-19-44-42-8-2-5-11-51(42)64-54(44)31-38)37-15-20-47-45(29-37)41-18-13-36(35-17-22-53-46(28-35)43-9-3-6-12-52(43)63-53)30-48(41)58(47)39-24-32-23-33(26-39)27-40(58)25-32/h1-22,28-33,39-40H,23-27H2. The van der Waals surface area contributed by atoms with Gasteiger partial charge in [-0.05, 0) is 150 Å². The minimum absolute atomic E-state index is 0.00844. The van der Waals surface area contributed by atoms with Crippen molar-refractivity contribution >= 4 is 54.8 Å². The van der Waals surface area contributed by atoms with E-state index in [2.05, 4.69) is 109 Å². The Hall–Kier alpha value is -7.44. The second-order valence-corrected chi connectivity index (χ2v) is 19.0. The van der Waals surface area contributed by atoms with Crippen molar-refractivity contribution < 1.29 is 8.83 Å². The van der Waals surface area contributed by atoms with E-state index in [0.717, 1.165) is 72.4 Å². The van der Waals surface area contributed by atoms with Crippen LogP contribution < -0.4 is 0 Å². The summed E-state index contributed by atoms with van der Waals surface area (Å²) in [6, 6.07) is 56.3. The lowest BCUT2D eigenvalue weighted by Gasteiger charge is -2.61. The van der Waals surface area contributed by atoms with Gasteiger partial charge in [-0.15, -0.1) is 0 Å². The van der Waals surface area contributed by atoms with E-state index in [9.17, 15) is 0 Å². The minimum Gasteiger partial charge on any atom is -0.456 e. The number of pyridine rings is 1. The lowest BCUT2D eigenvalue weighted by Crippen LogP contribution is -2.55. The normalized spacial score (nSPS) is 21.8. The number of rotatable bonds is 4. The first-order chi connectivity index (χ1) is 31.6. The first-order valence-electron chi connectivity index (χ1n) is 22.9. The fourth-order valence-corrected chi connectivity index (χ4v) is 13.2. The fraction of sp³-hybridized carbons (Fsp3) is 0.172. The van der Waals surface area contributed by atoms with E-state index < -0.39 is 0 Å². The largest absolute Gasteiger partial charge is 0.456 e. The Balaban J connectivity index is 0.912. The van der Waals surface area contributed by atoms with Gasteiger partial charge in [0, 0.05) is 43.5 Å². The van der Waals surface area contributed by atoms with E-state index in [4.69, 9.17) is 28.8 Å². The van der Waals surface area contributed by atoms with Gasteiger partial charge in [0.2, 0.25) is 0 Å². The maximum atomic E-state index is 6.35. The molecular weight excluding hydrogens is 785 g/mol. The van der Waals surface area contributed by atoms with Gasteiger partial charge >= 0.3 is 0 Å². The number of benzene rings is 7. The number of hydrogen-bond acceptors (Lipinski definition) is 6. The van der Waals surface area contributed by atoms with Gasteiger partial charge in [-0.3, -0.25) is 0 Å². The van der Waals surface area contributed by atoms with Crippen molar-refractivity contribution in [2.45, 2.75) is 37.5 Å². The van der Waals surface area contributed by atoms with E-state index >= 15 is 0 Å². The molecule has 0 radical (unpaired) electrons. The van der Waals surface area contributed by atoms with Crippen LogP contribution in [-0.4, -0.2) is 19.9 Å². The summed E-state index contributed by atoms with van der Waals surface area (Å²) in [7, 11) is 0. The van der Waals surface area contributed by atoms with E-state index in [1.807, 2.05) is 48.5 Å². The summed E-state index contributed by atoms with van der Waals surface area (Å²) in [4.78, 5) is 20.7. The molecule has 11 aromatic rings. The molecule has 4 aromatic heterocycles. The summed E-state index contributed by atoms with van der Waals surface area (Å²) in [5.41, 5.74) is 15.1. The predicted molar refractivity (Wildman–Crippen MR) is 255 cm³/mol. The van der Waals surface area contributed by atoms with Crippen LogP contribution in [-0.2, 0) is 5.41 Å². The molecule has 0 aliphatic heterocycles. The Bertz CT molecular complexity index is 3760. The van der Waals surface area contributed by atoms with Crippen molar-refractivity contribution in [2.75, 3.05) is 0 Å². The van der Waals surface area contributed by atoms with Crippen molar-refractivity contribution in [3.8, 4) is 56.5 Å². The highest BCUT2D eigenvalue weighted by Gasteiger charge is 2.61. The zero-order valence-corrected chi connectivity index (χ0v) is 35.0. The second-order valence-electron chi connectivity index (χ2n) is 19.0. The van der Waals surface area contributed by atoms with Gasteiger partial charge in [0.25, 0.3) is 0 Å². The molecule has 1 spiro atoms. The van der Waals surface area contributed by atoms with Crippen LogP contribution in [0.4, 0.5) is 0 Å². The van der Waals surface area contributed by atoms with Gasteiger partial charge in [0.1, 0.15) is 28.0 Å². The van der Waals surface area contributed by atoms with Crippen molar-refractivity contribution in [2.24, 2.45) is 23.7 Å². The first kappa shape index (κ1) is 35.1. The molecule has 64 heavy (non-hydrogen) atoms. The average molecular weight is 825 g/mol. The van der Waals surface area contributed by atoms with Gasteiger partial charge in [0.15, 0.2) is 17.5 Å². The summed E-state index contributed by atoms with van der Waals surface area (Å²) in [5, 5.41) is 5.56. The Morgan fingerprint density at radius 2 is 1.00 bits per heavy atom. The smallest absolute Gasteiger partial charge is 0.182 e. The van der Waals surface area contributed by atoms with Crippen molar-refractivity contribution in [1.29, 1.82) is 0 Å². The molecule has 6 nitrogen and oxygen atoms in total. The SMILES string of the molecule is c1ccc2nc(-c3nc(-c4ccc5c(c4)-c4ccc(-c6ccc7oc8ccccc8c7c6)cc4C54C5CC6CC(C5)CC4C6)nc(-c4ccc5c(c4)oc4ccccc45)n3)ccc2c1. The quantitative estimate of drug-likeness (QED) is 0.176. The predicted octanol–water partition coefficient (Wildman–Crippen LogP) is 14.6. The maximum absolute atomic E-state index is 6.35. The van der Waals surface area contributed by atoms with Crippen LogP contribution in [0.15, 0.2) is 167 Å². The minimum atomic E-state index is -0.00844. The van der Waals surface area contributed by atoms with Gasteiger partial charge < -0.3 is 8.83 Å². The summed E-state index contributed by atoms with van der Waals surface area (Å²) in [6.45, 7) is 0. The molecule has 304 valence electrons. The molecule has 0 atom stereocenters. The number of aromatic nitrogens is 4.